The molecule has 2 heterocycles. The normalized spacial score (nSPS) is 34.1. The van der Waals surface area contributed by atoms with Crippen LogP contribution in [0.2, 0.25) is 0 Å². The average molecular weight is 303 g/mol. The quantitative estimate of drug-likeness (QED) is 0.929. The summed E-state index contributed by atoms with van der Waals surface area (Å²) in [6.45, 7) is 2.59. The van der Waals surface area contributed by atoms with Crippen molar-refractivity contribution in [3.05, 3.63) is 35.9 Å². The highest BCUT2D eigenvalue weighted by atomic mass is 16.7. The lowest BCUT2D eigenvalue weighted by Gasteiger charge is -2.41. The van der Waals surface area contributed by atoms with Gasteiger partial charge in [0.1, 0.15) is 0 Å². The number of ether oxygens (including phenoxy) is 2. The standard InChI is InChI=1S/C18H25NO3/c20-13-16-10-15-6-7-18(21-8-9-22-18)11-17(15)19(16)12-14-4-2-1-3-5-14/h1-5,15-17,20H,6-13H2/t15-,16+,17?/m1/s1. The average Bonchev–Trinajstić information content (AvgIpc) is 3.14. The molecule has 0 aromatic heterocycles. The van der Waals surface area contributed by atoms with Gasteiger partial charge in [0.15, 0.2) is 5.79 Å². The Kier molecular flexibility index (Phi) is 3.95. The minimum atomic E-state index is -0.347. The molecule has 0 amide bonds. The molecule has 2 saturated heterocycles. The van der Waals surface area contributed by atoms with Gasteiger partial charge in [-0.2, -0.15) is 0 Å². The zero-order valence-electron chi connectivity index (χ0n) is 13.0. The van der Waals surface area contributed by atoms with E-state index in [0.29, 0.717) is 12.0 Å². The van der Waals surface area contributed by atoms with Gasteiger partial charge in [-0.25, -0.2) is 0 Å². The van der Waals surface area contributed by atoms with Crippen molar-refractivity contribution >= 4 is 0 Å². The number of aliphatic hydroxyl groups excluding tert-OH is 1. The first kappa shape index (κ1) is 14.6. The van der Waals surface area contributed by atoms with E-state index >= 15 is 0 Å². The van der Waals surface area contributed by atoms with Crippen LogP contribution in [0.3, 0.4) is 0 Å². The summed E-state index contributed by atoms with van der Waals surface area (Å²) in [5.74, 6) is 0.319. The van der Waals surface area contributed by atoms with E-state index in [1.807, 2.05) is 0 Å². The molecular formula is C18H25NO3. The Morgan fingerprint density at radius 2 is 1.95 bits per heavy atom. The first-order valence-corrected chi connectivity index (χ1v) is 8.48. The smallest absolute Gasteiger partial charge is 0.170 e. The fourth-order valence-electron chi connectivity index (χ4n) is 4.58. The maximum absolute atomic E-state index is 9.81. The van der Waals surface area contributed by atoms with Gasteiger partial charge in [0.25, 0.3) is 0 Å². The summed E-state index contributed by atoms with van der Waals surface area (Å²) in [5, 5.41) is 9.81. The van der Waals surface area contributed by atoms with E-state index < -0.39 is 0 Å². The predicted molar refractivity (Wildman–Crippen MR) is 83.2 cm³/mol. The van der Waals surface area contributed by atoms with Crippen molar-refractivity contribution in [2.75, 3.05) is 19.8 Å². The molecule has 1 N–H and O–H groups in total. The number of nitrogens with zero attached hydrogens (tertiary/aromatic N) is 1. The van der Waals surface area contributed by atoms with Crippen molar-refractivity contribution in [3.8, 4) is 0 Å². The summed E-state index contributed by atoms with van der Waals surface area (Å²) < 4.78 is 11.9. The minimum Gasteiger partial charge on any atom is -0.395 e. The van der Waals surface area contributed by atoms with Crippen molar-refractivity contribution in [3.63, 3.8) is 0 Å². The van der Waals surface area contributed by atoms with Crippen LogP contribution in [-0.4, -0.2) is 47.7 Å². The van der Waals surface area contributed by atoms with Gasteiger partial charge in [0.2, 0.25) is 0 Å². The maximum Gasteiger partial charge on any atom is 0.170 e. The fourth-order valence-corrected chi connectivity index (χ4v) is 4.58. The molecule has 120 valence electrons. The van der Waals surface area contributed by atoms with Crippen LogP contribution in [0.15, 0.2) is 30.3 Å². The van der Waals surface area contributed by atoms with E-state index in [4.69, 9.17) is 9.47 Å². The van der Waals surface area contributed by atoms with Gasteiger partial charge in [-0.05, 0) is 24.3 Å². The number of benzene rings is 1. The number of rotatable bonds is 3. The number of hydrogen-bond acceptors (Lipinski definition) is 4. The molecule has 1 saturated carbocycles. The van der Waals surface area contributed by atoms with Gasteiger partial charge in [-0.3, -0.25) is 4.90 Å². The monoisotopic (exact) mass is 303 g/mol. The number of aliphatic hydroxyl groups is 1. The van der Waals surface area contributed by atoms with E-state index in [1.165, 1.54) is 5.56 Å². The largest absolute Gasteiger partial charge is 0.395 e. The molecule has 1 aliphatic carbocycles. The Balaban J connectivity index is 1.54. The van der Waals surface area contributed by atoms with Crippen molar-refractivity contribution in [2.45, 2.75) is 50.1 Å². The fraction of sp³-hybridized carbons (Fsp3) is 0.667. The number of hydrogen-bond donors (Lipinski definition) is 1. The summed E-state index contributed by atoms with van der Waals surface area (Å²) in [4.78, 5) is 2.49. The van der Waals surface area contributed by atoms with Gasteiger partial charge in [-0.1, -0.05) is 30.3 Å². The molecule has 0 radical (unpaired) electrons. The van der Waals surface area contributed by atoms with Crippen LogP contribution in [0.25, 0.3) is 0 Å². The third kappa shape index (κ3) is 2.58. The Hall–Kier alpha value is -0.940. The Labute approximate surface area is 132 Å². The molecule has 4 rings (SSSR count). The van der Waals surface area contributed by atoms with Gasteiger partial charge in [0.05, 0.1) is 19.8 Å². The second-order valence-electron chi connectivity index (χ2n) is 6.91. The Morgan fingerprint density at radius 3 is 2.68 bits per heavy atom. The molecule has 1 aromatic carbocycles. The van der Waals surface area contributed by atoms with E-state index in [1.54, 1.807) is 0 Å². The van der Waals surface area contributed by atoms with Crippen molar-refractivity contribution < 1.29 is 14.6 Å². The van der Waals surface area contributed by atoms with Crippen LogP contribution in [-0.2, 0) is 16.0 Å². The zero-order valence-corrected chi connectivity index (χ0v) is 13.0. The van der Waals surface area contributed by atoms with Crippen molar-refractivity contribution in [1.29, 1.82) is 0 Å². The second kappa shape index (κ2) is 5.93. The highest BCUT2D eigenvalue weighted by molar-refractivity contribution is 5.16. The highest BCUT2D eigenvalue weighted by Crippen LogP contribution is 2.46. The van der Waals surface area contributed by atoms with E-state index in [2.05, 4.69) is 35.2 Å². The topological polar surface area (TPSA) is 41.9 Å². The molecule has 3 fully saturated rings. The van der Waals surface area contributed by atoms with Gasteiger partial charge in [-0.15, -0.1) is 0 Å². The lowest BCUT2D eigenvalue weighted by molar-refractivity contribution is -0.193. The molecule has 1 unspecified atom stereocenters. The van der Waals surface area contributed by atoms with Crippen LogP contribution in [0.5, 0.6) is 0 Å². The molecule has 3 atom stereocenters. The number of fused-ring (bicyclic) bond motifs is 1. The van der Waals surface area contributed by atoms with Crippen LogP contribution < -0.4 is 0 Å². The summed E-state index contributed by atoms with van der Waals surface area (Å²) in [7, 11) is 0. The lowest BCUT2D eigenvalue weighted by Crippen LogP contribution is -2.48. The highest BCUT2D eigenvalue weighted by Gasteiger charge is 2.51. The Bertz CT molecular complexity index is 500. The maximum atomic E-state index is 9.81. The van der Waals surface area contributed by atoms with Gasteiger partial charge >= 0.3 is 0 Å². The molecule has 4 nitrogen and oxygen atoms in total. The SMILES string of the molecule is OC[C@@H]1C[C@H]2CCC3(CC2N1Cc1ccccc1)OCCO3. The Morgan fingerprint density at radius 1 is 1.18 bits per heavy atom. The van der Waals surface area contributed by atoms with Crippen LogP contribution in [0, 0.1) is 5.92 Å². The third-order valence-electron chi connectivity index (χ3n) is 5.66. The molecule has 3 aliphatic rings. The summed E-state index contributed by atoms with van der Waals surface area (Å²) in [6.07, 6.45) is 4.20. The van der Waals surface area contributed by atoms with Crippen molar-refractivity contribution in [1.82, 2.24) is 4.90 Å². The summed E-state index contributed by atoms with van der Waals surface area (Å²) >= 11 is 0. The molecule has 22 heavy (non-hydrogen) atoms. The first-order chi connectivity index (χ1) is 10.8. The molecule has 1 spiro atoms. The summed E-state index contributed by atoms with van der Waals surface area (Å²) in [6, 6.07) is 11.3. The molecular weight excluding hydrogens is 278 g/mol. The van der Waals surface area contributed by atoms with Crippen LogP contribution in [0.4, 0.5) is 0 Å². The summed E-state index contributed by atoms with van der Waals surface area (Å²) in [5.41, 5.74) is 1.31. The molecule has 1 aromatic rings. The number of likely N-dealkylation sites (tertiary alicyclic amines) is 1. The van der Waals surface area contributed by atoms with E-state index in [9.17, 15) is 5.11 Å². The van der Waals surface area contributed by atoms with E-state index in [0.717, 1.165) is 45.4 Å². The molecule has 2 aliphatic heterocycles. The zero-order chi connectivity index (χ0) is 15.0. The minimum absolute atomic E-state index is 0.245. The van der Waals surface area contributed by atoms with Crippen LogP contribution >= 0.6 is 0 Å². The predicted octanol–water partition coefficient (Wildman–Crippen LogP) is 2.17. The third-order valence-corrected chi connectivity index (χ3v) is 5.66. The van der Waals surface area contributed by atoms with Crippen LogP contribution in [0.1, 0.15) is 31.2 Å². The lowest BCUT2D eigenvalue weighted by atomic mass is 9.81. The van der Waals surface area contributed by atoms with E-state index in [-0.39, 0.29) is 18.4 Å². The molecule has 0 bridgehead atoms. The molecule has 4 heteroatoms. The first-order valence-electron chi connectivity index (χ1n) is 8.48. The van der Waals surface area contributed by atoms with Crippen molar-refractivity contribution in [2.24, 2.45) is 5.92 Å². The van der Waals surface area contributed by atoms with Gasteiger partial charge < -0.3 is 14.6 Å². The van der Waals surface area contributed by atoms with Gasteiger partial charge in [0, 0.05) is 31.5 Å². The second-order valence-corrected chi connectivity index (χ2v) is 6.91.